The summed E-state index contributed by atoms with van der Waals surface area (Å²) in [5, 5.41) is 1.05. The van der Waals surface area contributed by atoms with Gasteiger partial charge in [0.15, 0.2) is 0 Å². The highest BCUT2D eigenvalue weighted by Crippen LogP contribution is 2.35. The number of halogens is 1. The summed E-state index contributed by atoms with van der Waals surface area (Å²) < 4.78 is 2.32. The monoisotopic (exact) mass is 348 g/mol. The Morgan fingerprint density at radius 2 is 1.76 bits per heavy atom. The number of nitrogens with zero attached hydrogens (tertiary/aromatic N) is 2. The minimum Gasteiger partial charge on any atom is -0.330 e. The predicted molar refractivity (Wildman–Crippen MR) is 93.7 cm³/mol. The van der Waals surface area contributed by atoms with Gasteiger partial charge in [0.05, 0.1) is 0 Å². The molecule has 0 saturated carbocycles. The molecule has 2 rings (SSSR count). The van der Waals surface area contributed by atoms with Gasteiger partial charge in [0.2, 0.25) is 0 Å². The summed E-state index contributed by atoms with van der Waals surface area (Å²) in [5.41, 5.74) is 1.52. The van der Waals surface area contributed by atoms with E-state index in [1.807, 2.05) is 12.3 Å². The highest BCUT2D eigenvalue weighted by atomic mass is 79.9. The molecule has 0 atom stereocenters. The summed E-state index contributed by atoms with van der Waals surface area (Å²) >= 11 is 3.77. The first-order chi connectivity index (χ1) is 10.2. The lowest BCUT2D eigenvalue weighted by Crippen LogP contribution is -2.28. The second-order valence-electron chi connectivity index (χ2n) is 5.88. The normalized spacial score (nSPS) is 11.8. The Morgan fingerprint density at radius 1 is 1.10 bits per heavy atom. The summed E-state index contributed by atoms with van der Waals surface area (Å²) in [6.07, 6.45) is 8.98. The lowest BCUT2D eigenvalue weighted by Gasteiger charge is -2.32. The van der Waals surface area contributed by atoms with Crippen molar-refractivity contribution in [3.8, 4) is 11.4 Å². The smallest absolute Gasteiger partial charge is 0.139 e. The number of imidazole rings is 1. The first-order valence-corrected chi connectivity index (χ1v) is 8.99. The maximum absolute atomic E-state index is 4.57. The van der Waals surface area contributed by atoms with Gasteiger partial charge in [-0.25, -0.2) is 4.98 Å². The lowest BCUT2D eigenvalue weighted by atomic mass is 9.81. The molecule has 0 fully saturated rings. The van der Waals surface area contributed by atoms with Gasteiger partial charge in [-0.2, -0.15) is 0 Å². The van der Waals surface area contributed by atoms with E-state index in [-0.39, 0.29) is 0 Å². The minimum atomic E-state index is 0.327. The molecule has 114 valence electrons. The van der Waals surface area contributed by atoms with E-state index < -0.39 is 0 Å². The van der Waals surface area contributed by atoms with Gasteiger partial charge in [-0.15, -0.1) is 0 Å². The molecule has 0 amide bonds. The third kappa shape index (κ3) is 3.97. The van der Waals surface area contributed by atoms with Gasteiger partial charge < -0.3 is 4.57 Å². The van der Waals surface area contributed by atoms with Crippen LogP contribution < -0.4 is 0 Å². The Balaban J connectivity index is 2.28. The summed E-state index contributed by atoms with van der Waals surface area (Å²) in [5.74, 6) is 1.08. The number of hydrogen-bond donors (Lipinski definition) is 0. The van der Waals surface area contributed by atoms with E-state index in [4.69, 9.17) is 0 Å². The average molecular weight is 349 g/mol. The van der Waals surface area contributed by atoms with Crippen LogP contribution in [0.3, 0.4) is 0 Å². The van der Waals surface area contributed by atoms with E-state index in [1.54, 1.807) is 0 Å². The van der Waals surface area contributed by atoms with E-state index in [9.17, 15) is 0 Å². The van der Waals surface area contributed by atoms with Crippen molar-refractivity contribution < 1.29 is 0 Å². The summed E-state index contributed by atoms with van der Waals surface area (Å²) in [6, 6.07) is 10.5. The first-order valence-electron chi connectivity index (χ1n) is 7.87. The zero-order chi connectivity index (χ0) is 15.1. The molecule has 0 aliphatic heterocycles. The van der Waals surface area contributed by atoms with Crippen LogP contribution in [0, 0.1) is 5.41 Å². The van der Waals surface area contributed by atoms with Crippen LogP contribution in [0.25, 0.3) is 11.4 Å². The van der Waals surface area contributed by atoms with Crippen molar-refractivity contribution in [2.75, 3.05) is 5.33 Å². The predicted octanol–water partition coefficient (Wildman–Crippen LogP) is 5.53. The first kappa shape index (κ1) is 16.3. The SMILES string of the molecule is CCCC(CBr)(CCC)Cn1ccnc1-c1ccccc1. The van der Waals surface area contributed by atoms with E-state index >= 15 is 0 Å². The third-order valence-electron chi connectivity index (χ3n) is 4.10. The van der Waals surface area contributed by atoms with Crippen molar-refractivity contribution in [1.29, 1.82) is 0 Å². The molecule has 0 spiro atoms. The van der Waals surface area contributed by atoms with Crippen LogP contribution in [0.5, 0.6) is 0 Å². The molecule has 0 radical (unpaired) electrons. The maximum atomic E-state index is 4.57. The molecule has 3 heteroatoms. The lowest BCUT2D eigenvalue weighted by molar-refractivity contribution is 0.234. The quantitative estimate of drug-likeness (QED) is 0.573. The van der Waals surface area contributed by atoms with Crippen LogP contribution in [0.1, 0.15) is 39.5 Å². The van der Waals surface area contributed by atoms with Crippen molar-refractivity contribution >= 4 is 15.9 Å². The van der Waals surface area contributed by atoms with Crippen molar-refractivity contribution in [1.82, 2.24) is 9.55 Å². The average Bonchev–Trinajstić information content (AvgIpc) is 2.96. The van der Waals surface area contributed by atoms with Gasteiger partial charge in [-0.1, -0.05) is 73.0 Å². The van der Waals surface area contributed by atoms with Gasteiger partial charge in [-0.05, 0) is 18.3 Å². The van der Waals surface area contributed by atoms with Crippen LogP contribution >= 0.6 is 15.9 Å². The number of rotatable bonds is 8. The Bertz CT molecular complexity index is 527. The minimum absolute atomic E-state index is 0.327. The Morgan fingerprint density at radius 3 is 2.33 bits per heavy atom. The molecule has 21 heavy (non-hydrogen) atoms. The molecule has 0 unspecified atom stereocenters. The van der Waals surface area contributed by atoms with Gasteiger partial charge in [0.1, 0.15) is 5.82 Å². The zero-order valence-corrected chi connectivity index (χ0v) is 14.6. The molecule has 0 aliphatic carbocycles. The van der Waals surface area contributed by atoms with Crippen LogP contribution in [-0.2, 0) is 6.54 Å². The number of benzene rings is 1. The molecule has 1 aromatic heterocycles. The number of hydrogen-bond acceptors (Lipinski definition) is 1. The molecular formula is C18H25BrN2. The van der Waals surface area contributed by atoms with E-state index in [1.165, 1.54) is 31.2 Å². The molecule has 0 N–H and O–H groups in total. The van der Waals surface area contributed by atoms with Gasteiger partial charge in [0.25, 0.3) is 0 Å². The largest absolute Gasteiger partial charge is 0.330 e. The number of alkyl halides is 1. The fourth-order valence-electron chi connectivity index (χ4n) is 3.17. The third-order valence-corrected chi connectivity index (χ3v) is 5.29. The molecule has 0 bridgehead atoms. The fraction of sp³-hybridized carbons (Fsp3) is 0.500. The van der Waals surface area contributed by atoms with Crippen LogP contribution in [0.15, 0.2) is 42.7 Å². The van der Waals surface area contributed by atoms with E-state index in [0.29, 0.717) is 5.41 Å². The molecule has 0 aliphatic rings. The van der Waals surface area contributed by atoms with Crippen molar-refractivity contribution in [2.45, 2.75) is 46.1 Å². The van der Waals surface area contributed by atoms with Gasteiger partial charge in [-0.3, -0.25) is 0 Å². The van der Waals surface area contributed by atoms with Crippen molar-refractivity contribution in [3.63, 3.8) is 0 Å². The molecular weight excluding hydrogens is 324 g/mol. The second-order valence-corrected chi connectivity index (χ2v) is 6.44. The number of aromatic nitrogens is 2. The summed E-state index contributed by atoms with van der Waals surface area (Å²) in [7, 11) is 0. The van der Waals surface area contributed by atoms with Crippen LogP contribution in [0.4, 0.5) is 0 Å². The van der Waals surface area contributed by atoms with Crippen LogP contribution in [-0.4, -0.2) is 14.9 Å². The molecule has 0 saturated heterocycles. The highest BCUT2D eigenvalue weighted by Gasteiger charge is 2.28. The molecule has 2 aromatic rings. The van der Waals surface area contributed by atoms with Gasteiger partial charge in [0, 0.05) is 29.8 Å². The van der Waals surface area contributed by atoms with Crippen LogP contribution in [0.2, 0.25) is 0 Å². The molecule has 1 heterocycles. The Hall–Kier alpha value is -1.09. The second kappa shape index (κ2) is 7.79. The molecule has 1 aromatic carbocycles. The molecule has 2 nitrogen and oxygen atoms in total. The summed E-state index contributed by atoms with van der Waals surface area (Å²) in [6.45, 7) is 5.59. The van der Waals surface area contributed by atoms with E-state index in [0.717, 1.165) is 17.7 Å². The summed E-state index contributed by atoms with van der Waals surface area (Å²) in [4.78, 5) is 4.57. The highest BCUT2D eigenvalue weighted by molar-refractivity contribution is 9.09. The Kier molecular flexibility index (Phi) is 6.04. The Labute approximate surface area is 136 Å². The van der Waals surface area contributed by atoms with Crippen molar-refractivity contribution in [2.24, 2.45) is 5.41 Å². The topological polar surface area (TPSA) is 17.8 Å². The zero-order valence-electron chi connectivity index (χ0n) is 13.1. The van der Waals surface area contributed by atoms with Crippen molar-refractivity contribution in [3.05, 3.63) is 42.7 Å². The maximum Gasteiger partial charge on any atom is 0.139 e. The van der Waals surface area contributed by atoms with E-state index in [2.05, 4.69) is 69.8 Å². The standard InChI is InChI=1S/C18H25BrN2/c1-3-10-18(14-19,11-4-2)15-21-13-12-20-17(21)16-8-6-5-7-9-16/h5-9,12-13H,3-4,10-11,14-15H2,1-2H3. The van der Waals surface area contributed by atoms with Gasteiger partial charge >= 0.3 is 0 Å². The fourth-order valence-corrected chi connectivity index (χ4v) is 3.90.